The first-order chi connectivity index (χ1) is 16.1. The van der Waals surface area contributed by atoms with E-state index in [0.717, 1.165) is 11.1 Å². The topological polar surface area (TPSA) is 48.3 Å². The second-order valence-corrected chi connectivity index (χ2v) is 7.47. The molecule has 1 aromatic heterocycles. The van der Waals surface area contributed by atoms with Crippen molar-refractivity contribution in [1.29, 1.82) is 0 Å². The zero-order chi connectivity index (χ0) is 23.2. The van der Waals surface area contributed by atoms with Crippen LogP contribution in [-0.4, -0.2) is 17.6 Å². The predicted molar refractivity (Wildman–Crippen MR) is 128 cm³/mol. The van der Waals surface area contributed by atoms with Gasteiger partial charge < -0.3 is 9.30 Å². The summed E-state index contributed by atoms with van der Waals surface area (Å²) in [5, 5.41) is 0. The van der Waals surface area contributed by atoms with E-state index in [1.165, 1.54) is 17.9 Å². The zero-order valence-corrected chi connectivity index (χ0v) is 18.1. The van der Waals surface area contributed by atoms with Gasteiger partial charge in [-0.1, -0.05) is 91.0 Å². The lowest BCUT2D eigenvalue weighted by Gasteiger charge is -2.15. The molecule has 0 atom stereocenters. The van der Waals surface area contributed by atoms with Gasteiger partial charge in [0.15, 0.2) is 0 Å². The van der Waals surface area contributed by atoms with Gasteiger partial charge >= 0.3 is 5.97 Å². The third kappa shape index (κ3) is 4.83. The van der Waals surface area contributed by atoms with Crippen molar-refractivity contribution in [1.82, 2.24) is 4.57 Å². The molecule has 3 aromatic carbocycles. The Kier molecular flexibility index (Phi) is 6.60. The van der Waals surface area contributed by atoms with Gasteiger partial charge in [-0.2, -0.15) is 0 Å². The Morgan fingerprint density at radius 2 is 1.55 bits per heavy atom. The van der Waals surface area contributed by atoms with E-state index in [4.69, 9.17) is 4.74 Å². The summed E-state index contributed by atoms with van der Waals surface area (Å²) in [6.45, 7) is 0.201. The van der Waals surface area contributed by atoms with Gasteiger partial charge in [0.1, 0.15) is 5.82 Å². The van der Waals surface area contributed by atoms with Crippen LogP contribution in [0.2, 0.25) is 0 Å². The smallest absolute Gasteiger partial charge is 0.338 e. The molecule has 4 aromatic rings. The number of rotatable bonds is 6. The molecule has 0 N–H and O–H groups in total. The quantitative estimate of drug-likeness (QED) is 0.364. The Labute approximate surface area is 191 Å². The summed E-state index contributed by atoms with van der Waals surface area (Å²) in [7, 11) is 1.27. The monoisotopic (exact) mass is 439 g/mol. The van der Waals surface area contributed by atoms with E-state index in [9.17, 15) is 9.59 Å². The Morgan fingerprint density at radius 3 is 2.24 bits per heavy atom. The number of methoxy groups -OCH3 is 1. The Hall–Kier alpha value is -4.25. The van der Waals surface area contributed by atoms with E-state index in [2.05, 4.69) is 0 Å². The molecular weight excluding hydrogens is 417 g/mol. The highest BCUT2D eigenvalue weighted by molar-refractivity contribution is 5.98. The molecule has 0 unspecified atom stereocenters. The highest BCUT2D eigenvalue weighted by Crippen LogP contribution is 2.28. The van der Waals surface area contributed by atoms with Crippen LogP contribution in [0.15, 0.2) is 95.9 Å². The van der Waals surface area contributed by atoms with Gasteiger partial charge in [0.2, 0.25) is 0 Å². The number of nitrogens with zero attached hydrogens (tertiary/aromatic N) is 1. The Balaban J connectivity index is 1.94. The van der Waals surface area contributed by atoms with Crippen LogP contribution < -0.4 is 5.56 Å². The van der Waals surface area contributed by atoms with Crippen molar-refractivity contribution >= 4 is 18.1 Å². The molecular formula is C28H22FNO3. The summed E-state index contributed by atoms with van der Waals surface area (Å²) in [5.41, 5.74) is 2.07. The van der Waals surface area contributed by atoms with Crippen molar-refractivity contribution in [2.75, 3.05) is 7.11 Å². The van der Waals surface area contributed by atoms with E-state index in [1.54, 1.807) is 36.4 Å². The number of pyridine rings is 1. The summed E-state index contributed by atoms with van der Waals surface area (Å²) in [5.74, 6) is -1.16. The number of esters is 1. The van der Waals surface area contributed by atoms with Crippen LogP contribution in [0.4, 0.5) is 4.39 Å². The third-order valence-electron chi connectivity index (χ3n) is 5.31. The van der Waals surface area contributed by atoms with Gasteiger partial charge in [-0.25, -0.2) is 9.18 Å². The number of hydrogen-bond acceptors (Lipinski definition) is 3. The van der Waals surface area contributed by atoms with Crippen LogP contribution in [0.3, 0.4) is 0 Å². The second-order valence-electron chi connectivity index (χ2n) is 7.47. The van der Waals surface area contributed by atoms with Gasteiger partial charge in [-0.15, -0.1) is 0 Å². The summed E-state index contributed by atoms with van der Waals surface area (Å²) in [4.78, 5) is 26.1. The first-order valence-electron chi connectivity index (χ1n) is 10.5. The number of hydrogen-bond donors (Lipinski definition) is 0. The minimum atomic E-state index is -0.596. The van der Waals surface area contributed by atoms with Crippen LogP contribution in [0.5, 0.6) is 0 Å². The van der Waals surface area contributed by atoms with E-state index in [-0.39, 0.29) is 23.2 Å². The predicted octanol–water partition coefficient (Wildman–Crippen LogP) is 5.66. The number of halogens is 1. The lowest BCUT2D eigenvalue weighted by molar-refractivity contribution is 0.0601. The van der Waals surface area contributed by atoms with Crippen molar-refractivity contribution in [2.45, 2.75) is 6.54 Å². The van der Waals surface area contributed by atoms with Gasteiger partial charge in [0.25, 0.3) is 5.56 Å². The number of benzene rings is 3. The number of carbonyl (C=O) groups is 1. The molecule has 0 amide bonds. The fourth-order valence-electron chi connectivity index (χ4n) is 3.70. The van der Waals surface area contributed by atoms with Crippen molar-refractivity contribution in [3.63, 3.8) is 0 Å². The van der Waals surface area contributed by atoms with E-state index >= 15 is 4.39 Å². The van der Waals surface area contributed by atoms with Crippen molar-refractivity contribution in [2.24, 2.45) is 0 Å². The zero-order valence-electron chi connectivity index (χ0n) is 18.1. The van der Waals surface area contributed by atoms with Crippen LogP contribution in [0.25, 0.3) is 23.3 Å². The standard InChI is InChI=1S/C28H22FNO3/c1-33-28(32)23-15-9-8-14-22(23)26-24(17-16-20-10-4-2-5-11-20)25(29)19-30(27(26)31)18-21-12-6-3-7-13-21/h2-17,19H,18H2,1H3/b17-16+. The summed E-state index contributed by atoms with van der Waals surface area (Å²) >= 11 is 0. The minimum Gasteiger partial charge on any atom is -0.465 e. The summed E-state index contributed by atoms with van der Waals surface area (Å²) in [6.07, 6.45) is 4.52. The second kappa shape index (κ2) is 9.92. The lowest BCUT2D eigenvalue weighted by Crippen LogP contribution is -2.25. The number of carbonyl (C=O) groups excluding carboxylic acids is 1. The first kappa shape index (κ1) is 22.0. The molecule has 5 heteroatoms. The van der Waals surface area contributed by atoms with E-state index in [0.29, 0.717) is 5.56 Å². The lowest BCUT2D eigenvalue weighted by atomic mass is 9.95. The number of aromatic nitrogens is 1. The molecule has 0 aliphatic carbocycles. The highest BCUT2D eigenvalue weighted by Gasteiger charge is 2.21. The molecule has 0 saturated carbocycles. The van der Waals surface area contributed by atoms with Crippen LogP contribution in [0, 0.1) is 5.82 Å². The highest BCUT2D eigenvalue weighted by atomic mass is 19.1. The van der Waals surface area contributed by atoms with Gasteiger partial charge in [-0.3, -0.25) is 4.79 Å². The molecule has 0 bridgehead atoms. The normalized spacial score (nSPS) is 11.0. The van der Waals surface area contributed by atoms with E-state index in [1.807, 2.05) is 60.7 Å². The average Bonchev–Trinajstić information content (AvgIpc) is 2.86. The molecule has 164 valence electrons. The maximum absolute atomic E-state index is 15.5. The van der Waals surface area contributed by atoms with Gasteiger partial charge in [0.05, 0.1) is 24.8 Å². The molecule has 4 rings (SSSR count). The van der Waals surface area contributed by atoms with Crippen LogP contribution in [0.1, 0.15) is 27.0 Å². The van der Waals surface area contributed by atoms with Crippen molar-refractivity contribution in [3.8, 4) is 11.1 Å². The Bertz CT molecular complexity index is 1360. The molecule has 0 radical (unpaired) electrons. The molecule has 0 aliphatic rings. The minimum absolute atomic E-state index is 0.110. The first-order valence-corrected chi connectivity index (χ1v) is 10.5. The molecule has 4 nitrogen and oxygen atoms in total. The Morgan fingerprint density at radius 1 is 0.909 bits per heavy atom. The van der Waals surface area contributed by atoms with Crippen molar-refractivity contribution in [3.05, 3.63) is 130 Å². The number of ether oxygens (including phenoxy) is 1. The summed E-state index contributed by atoms with van der Waals surface area (Å²) < 4.78 is 21.7. The largest absolute Gasteiger partial charge is 0.465 e. The molecule has 33 heavy (non-hydrogen) atoms. The van der Waals surface area contributed by atoms with Crippen LogP contribution in [-0.2, 0) is 11.3 Å². The molecule has 1 heterocycles. The molecule has 0 aliphatic heterocycles. The van der Waals surface area contributed by atoms with Crippen LogP contribution >= 0.6 is 0 Å². The third-order valence-corrected chi connectivity index (χ3v) is 5.31. The van der Waals surface area contributed by atoms with E-state index < -0.39 is 17.3 Å². The molecule has 0 spiro atoms. The summed E-state index contributed by atoms with van der Waals surface area (Å²) in [6, 6.07) is 25.3. The fraction of sp³-hybridized carbons (Fsp3) is 0.0714. The average molecular weight is 439 g/mol. The van der Waals surface area contributed by atoms with Gasteiger partial charge in [-0.05, 0) is 17.2 Å². The molecule has 0 saturated heterocycles. The SMILES string of the molecule is COC(=O)c1ccccc1-c1c(/C=C/c2ccccc2)c(F)cn(Cc2ccccc2)c1=O. The fourth-order valence-corrected chi connectivity index (χ4v) is 3.70. The molecule has 0 fully saturated rings. The maximum Gasteiger partial charge on any atom is 0.338 e. The van der Waals surface area contributed by atoms with Gasteiger partial charge in [0, 0.05) is 17.3 Å². The van der Waals surface area contributed by atoms with Crippen molar-refractivity contribution < 1.29 is 13.9 Å². The maximum atomic E-state index is 15.5.